The van der Waals surface area contributed by atoms with Crippen LogP contribution in [0.5, 0.6) is 11.5 Å². The molecule has 1 aliphatic heterocycles. The number of allylic oxidation sites excluding steroid dienone is 1. The highest BCUT2D eigenvalue weighted by molar-refractivity contribution is 7.98. The van der Waals surface area contributed by atoms with Gasteiger partial charge in [0.15, 0.2) is 16.7 Å². The van der Waals surface area contributed by atoms with E-state index in [1.807, 2.05) is 0 Å². The van der Waals surface area contributed by atoms with Crippen LogP contribution >= 0.6 is 11.8 Å². The number of fused-ring (bicyclic) bond motifs is 1. The maximum absolute atomic E-state index is 13.1. The lowest BCUT2D eigenvalue weighted by atomic mass is 10.2. The minimum atomic E-state index is -0.316. The largest absolute Gasteiger partial charge is 0.490 e. The molecule has 0 unspecified atom stereocenters. The quantitative estimate of drug-likeness (QED) is 0.437. The third-order valence-electron chi connectivity index (χ3n) is 4.52. The zero-order valence-corrected chi connectivity index (χ0v) is 17.5. The Balaban J connectivity index is 1.55. The van der Waals surface area contributed by atoms with E-state index in [2.05, 4.69) is 22.1 Å². The number of hydrogen-bond donors (Lipinski definition) is 1. The van der Waals surface area contributed by atoms with E-state index in [1.165, 1.54) is 28.5 Å². The third-order valence-corrected chi connectivity index (χ3v) is 5.56. The van der Waals surface area contributed by atoms with Crippen LogP contribution in [-0.2, 0) is 12.3 Å². The van der Waals surface area contributed by atoms with Crippen molar-refractivity contribution < 1.29 is 13.9 Å². The Labute approximate surface area is 182 Å². The first kappa shape index (κ1) is 20.9. The molecule has 7 nitrogen and oxygen atoms in total. The van der Waals surface area contributed by atoms with E-state index in [0.717, 1.165) is 12.0 Å². The summed E-state index contributed by atoms with van der Waals surface area (Å²) < 4.78 is 25.9. The van der Waals surface area contributed by atoms with Crippen LogP contribution in [0.1, 0.15) is 12.0 Å². The van der Waals surface area contributed by atoms with Crippen LogP contribution in [0.2, 0.25) is 0 Å². The van der Waals surface area contributed by atoms with Crippen molar-refractivity contribution >= 4 is 23.3 Å². The van der Waals surface area contributed by atoms with Gasteiger partial charge in [-0.25, -0.2) is 4.39 Å². The number of benzene rings is 2. The molecule has 160 valence electrons. The van der Waals surface area contributed by atoms with Crippen molar-refractivity contribution in [2.45, 2.75) is 23.9 Å². The summed E-state index contributed by atoms with van der Waals surface area (Å²) >= 11 is 1.35. The molecule has 9 heteroatoms. The first-order valence-corrected chi connectivity index (χ1v) is 10.7. The van der Waals surface area contributed by atoms with Crippen LogP contribution < -0.4 is 20.3 Å². The highest BCUT2D eigenvalue weighted by atomic mass is 32.2. The molecule has 0 amide bonds. The van der Waals surface area contributed by atoms with Gasteiger partial charge in [-0.2, -0.15) is 0 Å². The van der Waals surface area contributed by atoms with Crippen LogP contribution in [0.15, 0.2) is 65.1 Å². The van der Waals surface area contributed by atoms with Gasteiger partial charge in [0.25, 0.3) is 5.56 Å². The number of thioether (sulfide) groups is 1. The lowest BCUT2D eigenvalue weighted by Gasteiger charge is -2.13. The van der Waals surface area contributed by atoms with Crippen LogP contribution in [-0.4, -0.2) is 28.0 Å². The maximum Gasteiger partial charge on any atom is 0.297 e. The first-order valence-electron chi connectivity index (χ1n) is 9.76. The molecular formula is C22H21FN4O3S. The van der Waals surface area contributed by atoms with Gasteiger partial charge >= 0.3 is 0 Å². The van der Waals surface area contributed by atoms with E-state index >= 15 is 0 Å². The molecule has 3 aromatic rings. The Bertz CT molecular complexity index is 1130. The number of anilines is 2. The van der Waals surface area contributed by atoms with E-state index < -0.39 is 0 Å². The fraction of sp³-hybridized carbons (Fsp3) is 0.227. The van der Waals surface area contributed by atoms with Gasteiger partial charge in [0.1, 0.15) is 5.82 Å². The van der Waals surface area contributed by atoms with Gasteiger partial charge in [-0.15, -0.1) is 16.8 Å². The van der Waals surface area contributed by atoms with Crippen molar-refractivity contribution in [2.24, 2.45) is 0 Å². The number of nitrogens with zero attached hydrogens (tertiary/aromatic N) is 3. The van der Waals surface area contributed by atoms with E-state index in [9.17, 15) is 9.18 Å². The molecule has 0 fully saturated rings. The normalized spacial score (nSPS) is 12.8. The summed E-state index contributed by atoms with van der Waals surface area (Å²) in [6, 6.07) is 11.6. The van der Waals surface area contributed by atoms with Gasteiger partial charge in [-0.05, 0) is 29.8 Å². The first-order chi connectivity index (χ1) is 15.1. The lowest BCUT2D eigenvalue weighted by Crippen LogP contribution is -2.26. The summed E-state index contributed by atoms with van der Waals surface area (Å²) in [6.45, 7) is 5.19. The highest BCUT2D eigenvalue weighted by Gasteiger charge is 2.15. The molecule has 1 aliphatic rings. The molecule has 1 N–H and O–H groups in total. The zero-order valence-electron chi connectivity index (χ0n) is 16.7. The van der Waals surface area contributed by atoms with Crippen molar-refractivity contribution in [1.29, 1.82) is 0 Å². The minimum absolute atomic E-state index is 0.0995. The second kappa shape index (κ2) is 9.65. The summed E-state index contributed by atoms with van der Waals surface area (Å²) in [5, 5.41) is 11.8. The average Bonchev–Trinajstić information content (AvgIpc) is 3.02. The molecule has 4 rings (SSSR count). The van der Waals surface area contributed by atoms with Crippen molar-refractivity contribution in [1.82, 2.24) is 14.8 Å². The molecule has 0 aliphatic carbocycles. The van der Waals surface area contributed by atoms with Gasteiger partial charge in [0, 0.05) is 30.5 Å². The lowest BCUT2D eigenvalue weighted by molar-refractivity contribution is 0.297. The minimum Gasteiger partial charge on any atom is -0.490 e. The fourth-order valence-electron chi connectivity index (χ4n) is 2.99. The van der Waals surface area contributed by atoms with Crippen LogP contribution in [0.25, 0.3) is 0 Å². The van der Waals surface area contributed by atoms with Gasteiger partial charge in [-0.3, -0.25) is 9.36 Å². The van der Waals surface area contributed by atoms with Crippen LogP contribution in [0.4, 0.5) is 15.9 Å². The zero-order chi connectivity index (χ0) is 21.6. The van der Waals surface area contributed by atoms with Gasteiger partial charge in [-0.1, -0.05) is 30.0 Å². The molecule has 0 saturated carbocycles. The van der Waals surface area contributed by atoms with Crippen molar-refractivity contribution in [3.8, 4) is 11.5 Å². The summed E-state index contributed by atoms with van der Waals surface area (Å²) in [5.41, 5.74) is 1.25. The fourth-order valence-corrected chi connectivity index (χ4v) is 3.89. The van der Waals surface area contributed by atoms with E-state index in [1.54, 1.807) is 36.4 Å². The van der Waals surface area contributed by atoms with Crippen LogP contribution in [0, 0.1) is 5.82 Å². The molecule has 0 spiro atoms. The number of halogens is 1. The monoisotopic (exact) mass is 440 g/mol. The van der Waals surface area contributed by atoms with Crippen LogP contribution in [0.3, 0.4) is 0 Å². The summed E-state index contributed by atoms with van der Waals surface area (Å²) in [5.74, 6) is 1.63. The Morgan fingerprint density at radius 1 is 1.13 bits per heavy atom. The van der Waals surface area contributed by atoms with Crippen molar-refractivity contribution in [2.75, 3.05) is 18.5 Å². The second-order valence-corrected chi connectivity index (χ2v) is 7.73. The Kier molecular flexibility index (Phi) is 6.51. The summed E-state index contributed by atoms with van der Waals surface area (Å²) in [7, 11) is 0. The Morgan fingerprint density at radius 2 is 1.90 bits per heavy atom. The van der Waals surface area contributed by atoms with E-state index in [-0.39, 0.29) is 23.7 Å². The van der Waals surface area contributed by atoms with Gasteiger partial charge in [0.2, 0.25) is 5.82 Å². The molecule has 0 saturated heterocycles. The smallest absolute Gasteiger partial charge is 0.297 e. The summed E-state index contributed by atoms with van der Waals surface area (Å²) in [6.07, 6.45) is 2.44. The van der Waals surface area contributed by atoms with Gasteiger partial charge in [0.05, 0.1) is 13.2 Å². The Morgan fingerprint density at radius 3 is 2.68 bits per heavy atom. The molecule has 0 bridgehead atoms. The predicted molar refractivity (Wildman–Crippen MR) is 118 cm³/mol. The molecule has 1 aromatic heterocycles. The second-order valence-electron chi connectivity index (χ2n) is 6.79. The number of hydrogen-bond acceptors (Lipinski definition) is 7. The number of nitrogens with one attached hydrogen (secondary N) is 1. The Hall–Kier alpha value is -3.33. The highest BCUT2D eigenvalue weighted by Crippen LogP contribution is 2.33. The number of aromatic nitrogens is 3. The SMILES string of the molecule is C=CCn1c(SCc2ccc(F)cc2)nnc(Nc2ccc3c(c2)OCCCO3)c1=O. The number of ether oxygens (including phenoxy) is 2. The predicted octanol–water partition coefficient (Wildman–Crippen LogP) is 4.16. The molecule has 0 atom stereocenters. The molecular weight excluding hydrogens is 419 g/mol. The van der Waals surface area contributed by atoms with Gasteiger partial charge < -0.3 is 14.8 Å². The third kappa shape index (κ3) is 5.05. The molecule has 2 aromatic carbocycles. The van der Waals surface area contributed by atoms with E-state index in [4.69, 9.17) is 9.47 Å². The van der Waals surface area contributed by atoms with Crippen molar-refractivity contribution in [3.63, 3.8) is 0 Å². The van der Waals surface area contributed by atoms with E-state index in [0.29, 0.717) is 41.3 Å². The standard InChI is InChI=1S/C22H21FN4O3S/c1-2-10-27-21(28)20(24-17-8-9-18-19(13-17)30-12-3-11-29-18)25-26-22(27)31-14-15-4-6-16(23)7-5-15/h2,4-9,13H,1,3,10-12,14H2,(H,24,25). The maximum atomic E-state index is 13.1. The average molecular weight is 441 g/mol. The topological polar surface area (TPSA) is 78.3 Å². The molecule has 31 heavy (non-hydrogen) atoms. The molecule has 2 heterocycles. The molecule has 0 radical (unpaired) electrons. The van der Waals surface area contributed by atoms with Crippen molar-refractivity contribution in [3.05, 3.63) is 76.9 Å². The summed E-state index contributed by atoms with van der Waals surface area (Å²) in [4.78, 5) is 13.0. The number of rotatable bonds is 7.